The molecule has 0 amide bonds. The summed E-state index contributed by atoms with van der Waals surface area (Å²) in [7, 11) is -1.04. The molecule has 0 unspecified atom stereocenters. The molecule has 0 bridgehead atoms. The van der Waals surface area contributed by atoms with E-state index in [0.29, 0.717) is 43.8 Å². The fourth-order valence-electron chi connectivity index (χ4n) is 3.03. The molecular formula is C17H25ClN6O6S. The molecule has 12 nitrogen and oxygen atoms in total. The molecule has 1 fully saturated rings. The van der Waals surface area contributed by atoms with Gasteiger partial charge in [0.25, 0.3) is 0 Å². The minimum atomic E-state index is -3.97. The van der Waals surface area contributed by atoms with Gasteiger partial charge in [-0.2, -0.15) is 0 Å². The lowest BCUT2D eigenvalue weighted by atomic mass is 10.2. The van der Waals surface area contributed by atoms with Gasteiger partial charge in [0.05, 0.1) is 38.0 Å². The first-order valence-corrected chi connectivity index (χ1v) is 11.4. The monoisotopic (exact) mass is 476 g/mol. The fourth-order valence-corrected chi connectivity index (χ4v) is 4.27. The third-order valence-electron chi connectivity index (χ3n) is 4.70. The quantitative estimate of drug-likeness (QED) is 0.527. The molecule has 3 rings (SSSR count). The molecule has 31 heavy (non-hydrogen) atoms. The second-order valence-corrected chi connectivity index (χ2v) is 9.20. The number of hydrogen-bond acceptors (Lipinski definition) is 10. The third kappa shape index (κ3) is 5.67. The number of methoxy groups -OCH3 is 2. The van der Waals surface area contributed by atoms with Gasteiger partial charge in [0.1, 0.15) is 17.5 Å². The zero-order chi connectivity index (χ0) is 22.4. The number of ether oxygens (including phenoxy) is 4. The summed E-state index contributed by atoms with van der Waals surface area (Å²) in [4.78, 5) is 8.15. The largest absolute Gasteiger partial charge is 0.383 e. The number of rotatable bonds is 10. The highest BCUT2D eigenvalue weighted by molar-refractivity contribution is 7.93. The predicted molar refractivity (Wildman–Crippen MR) is 110 cm³/mol. The van der Waals surface area contributed by atoms with E-state index in [0.717, 1.165) is 0 Å². The Morgan fingerprint density at radius 2 is 2.03 bits per heavy atom. The van der Waals surface area contributed by atoms with Crippen molar-refractivity contribution in [3.8, 4) is 0 Å². The fraction of sp³-hybridized carbons (Fsp3) is 0.647. The van der Waals surface area contributed by atoms with Crippen LogP contribution in [0.25, 0.3) is 0 Å². The summed E-state index contributed by atoms with van der Waals surface area (Å²) in [5.41, 5.74) is 0. The van der Waals surface area contributed by atoms with Crippen LogP contribution in [0.1, 0.15) is 30.8 Å². The predicted octanol–water partition coefficient (Wildman–Crippen LogP) is 0.974. The zero-order valence-electron chi connectivity index (χ0n) is 17.4. The average molecular weight is 477 g/mol. The first-order valence-electron chi connectivity index (χ1n) is 9.50. The molecule has 2 aromatic rings. The lowest BCUT2D eigenvalue weighted by Crippen LogP contribution is -2.34. The van der Waals surface area contributed by atoms with Crippen molar-refractivity contribution in [3.05, 3.63) is 29.1 Å². The Bertz CT molecular complexity index is 951. The van der Waals surface area contributed by atoms with Gasteiger partial charge in [-0.25, -0.2) is 18.4 Å². The van der Waals surface area contributed by atoms with Crippen molar-refractivity contribution in [2.75, 3.05) is 45.4 Å². The number of aromatic nitrogens is 5. The number of hydrogen-bond donors (Lipinski definition) is 1. The topological polar surface area (TPSA) is 140 Å². The number of nitrogens with one attached hydrogen (secondary N) is 1. The molecule has 1 saturated heterocycles. The molecule has 172 valence electrons. The average Bonchev–Trinajstić information content (AvgIpc) is 3.16. The van der Waals surface area contributed by atoms with Gasteiger partial charge in [0, 0.05) is 26.6 Å². The van der Waals surface area contributed by atoms with E-state index in [1.165, 1.54) is 26.4 Å². The Morgan fingerprint density at radius 3 is 2.65 bits per heavy atom. The van der Waals surface area contributed by atoms with Crippen molar-refractivity contribution in [3.63, 3.8) is 0 Å². The lowest BCUT2D eigenvalue weighted by molar-refractivity contribution is -0.0949. The summed E-state index contributed by atoms with van der Waals surface area (Å²) in [5, 5.41) is 7.43. The number of anilines is 1. The number of halogens is 1. The van der Waals surface area contributed by atoms with Crippen molar-refractivity contribution in [2.45, 2.75) is 30.9 Å². The smallest absolute Gasteiger partial charge is 0.240 e. The van der Waals surface area contributed by atoms with Gasteiger partial charge in [0.15, 0.2) is 11.6 Å². The van der Waals surface area contributed by atoms with E-state index in [1.807, 2.05) is 0 Å². The van der Waals surface area contributed by atoms with Gasteiger partial charge in [-0.3, -0.25) is 9.29 Å². The van der Waals surface area contributed by atoms with E-state index >= 15 is 0 Å². The highest BCUT2D eigenvalue weighted by Gasteiger charge is 2.35. The van der Waals surface area contributed by atoms with Crippen LogP contribution in [0.2, 0.25) is 5.02 Å². The Morgan fingerprint density at radius 1 is 1.29 bits per heavy atom. The van der Waals surface area contributed by atoms with Crippen LogP contribution in [0, 0.1) is 0 Å². The van der Waals surface area contributed by atoms with E-state index in [-0.39, 0.29) is 11.8 Å². The molecule has 3 atom stereocenters. The molecule has 1 aliphatic heterocycles. The van der Waals surface area contributed by atoms with Gasteiger partial charge in [0.2, 0.25) is 16.0 Å². The van der Waals surface area contributed by atoms with Gasteiger partial charge >= 0.3 is 0 Å². The molecule has 14 heteroatoms. The summed E-state index contributed by atoms with van der Waals surface area (Å²) in [5.74, 6) is 0.686. The molecule has 0 saturated carbocycles. The van der Waals surface area contributed by atoms with E-state index in [1.54, 1.807) is 11.7 Å². The Balaban J connectivity index is 1.85. The lowest BCUT2D eigenvalue weighted by Gasteiger charge is -2.24. The van der Waals surface area contributed by atoms with Crippen LogP contribution >= 0.6 is 11.6 Å². The highest BCUT2D eigenvalue weighted by atomic mass is 35.5. The van der Waals surface area contributed by atoms with Crippen LogP contribution in [-0.4, -0.2) is 79.0 Å². The molecule has 2 aromatic heterocycles. The van der Waals surface area contributed by atoms with Crippen molar-refractivity contribution in [1.82, 2.24) is 24.7 Å². The number of nitrogens with zero attached hydrogens (tertiary/aromatic N) is 5. The normalized spacial score (nSPS) is 19.2. The van der Waals surface area contributed by atoms with Gasteiger partial charge in [-0.05, 0) is 6.92 Å². The molecule has 1 N–H and O–H groups in total. The molecule has 3 heterocycles. The SMILES string of the molecule is COCCn1c(NS(=O)(=O)[C@@H](C)[C@H](OC)c2ncc(Cl)cn2)nnc1[C@@H]1COCCO1. The van der Waals surface area contributed by atoms with Crippen LogP contribution in [0.15, 0.2) is 12.4 Å². The molecule has 0 spiro atoms. The first-order chi connectivity index (χ1) is 14.9. The molecule has 0 aromatic carbocycles. The van der Waals surface area contributed by atoms with E-state index in [2.05, 4.69) is 24.9 Å². The van der Waals surface area contributed by atoms with Crippen molar-refractivity contribution in [2.24, 2.45) is 0 Å². The second-order valence-electron chi connectivity index (χ2n) is 6.73. The van der Waals surface area contributed by atoms with Crippen LogP contribution < -0.4 is 4.72 Å². The maximum absolute atomic E-state index is 13.1. The molecule has 0 aliphatic carbocycles. The van der Waals surface area contributed by atoms with Crippen LogP contribution in [0.3, 0.4) is 0 Å². The summed E-state index contributed by atoms with van der Waals surface area (Å²) >= 11 is 5.82. The number of sulfonamides is 1. The third-order valence-corrected chi connectivity index (χ3v) is 6.59. The highest BCUT2D eigenvalue weighted by Crippen LogP contribution is 2.26. The summed E-state index contributed by atoms with van der Waals surface area (Å²) < 4.78 is 52.0. The minimum absolute atomic E-state index is 0.0416. The molecule has 0 radical (unpaired) electrons. The van der Waals surface area contributed by atoms with E-state index < -0.39 is 27.5 Å². The van der Waals surface area contributed by atoms with Crippen LogP contribution in [0.5, 0.6) is 0 Å². The van der Waals surface area contributed by atoms with Crippen molar-refractivity contribution < 1.29 is 27.4 Å². The molecule has 1 aliphatic rings. The standard InChI is InChI=1S/C17H25ClN6O6S/c1-11(14(28-3)15-19-8-12(18)9-20-15)31(25,26)23-17-22-21-16(24(17)4-5-27-2)13-10-29-6-7-30-13/h8-9,11,13-14H,4-7,10H2,1-3H3,(H,22,23)/t11-,13-,14-/m0/s1. The summed E-state index contributed by atoms with van der Waals surface area (Å²) in [6, 6.07) is 0. The first kappa shape index (κ1) is 23.8. The Hall–Kier alpha value is -1.90. The van der Waals surface area contributed by atoms with Gasteiger partial charge in [-0.15, -0.1) is 10.2 Å². The van der Waals surface area contributed by atoms with Gasteiger partial charge < -0.3 is 18.9 Å². The van der Waals surface area contributed by atoms with Crippen molar-refractivity contribution >= 4 is 27.6 Å². The van der Waals surface area contributed by atoms with E-state index in [4.69, 9.17) is 30.5 Å². The Kier molecular flexibility index (Phi) is 8.13. The maximum Gasteiger partial charge on any atom is 0.240 e. The summed E-state index contributed by atoms with van der Waals surface area (Å²) in [6.07, 6.45) is 1.37. The maximum atomic E-state index is 13.1. The van der Waals surface area contributed by atoms with Crippen LogP contribution in [0.4, 0.5) is 5.95 Å². The second kappa shape index (κ2) is 10.6. The minimum Gasteiger partial charge on any atom is -0.383 e. The van der Waals surface area contributed by atoms with Crippen molar-refractivity contribution in [1.29, 1.82) is 0 Å². The molecular weight excluding hydrogens is 452 g/mol. The van der Waals surface area contributed by atoms with E-state index in [9.17, 15) is 8.42 Å². The van der Waals surface area contributed by atoms with Gasteiger partial charge in [-0.1, -0.05) is 11.6 Å². The van der Waals surface area contributed by atoms with Crippen LogP contribution in [-0.2, 0) is 35.5 Å². The summed E-state index contributed by atoms with van der Waals surface area (Å²) in [6.45, 7) is 3.33. The zero-order valence-corrected chi connectivity index (χ0v) is 19.0. The Labute approximate surface area is 185 Å².